The van der Waals surface area contributed by atoms with Crippen LogP contribution in [0.2, 0.25) is 0 Å². The maximum atomic E-state index is 10.4. The number of benzene rings is 3. The average molecular weight is 567 g/mol. The summed E-state index contributed by atoms with van der Waals surface area (Å²) < 4.78 is 87.7. The second-order valence-corrected chi connectivity index (χ2v) is 10.6. The standard InChI is InChI=1S/3C6H6O3S.C3H8O3/c3*7-10(8,9)6-4-2-1-3-5-6;4-1-3(6)2-5/h3*1-5H,(H,7,8,9);3-6H,1-2H2. The van der Waals surface area contributed by atoms with Gasteiger partial charge in [0.05, 0.1) is 27.9 Å². The van der Waals surface area contributed by atoms with Gasteiger partial charge in [-0.1, -0.05) is 54.6 Å². The minimum Gasteiger partial charge on any atom is -0.394 e. The van der Waals surface area contributed by atoms with Gasteiger partial charge in [-0.05, 0) is 36.4 Å². The van der Waals surface area contributed by atoms with Crippen LogP contribution < -0.4 is 0 Å². The summed E-state index contributed by atoms with van der Waals surface area (Å²) in [5, 5.41) is 24.0. The molecule has 36 heavy (non-hydrogen) atoms. The molecular formula is C21H26O12S3. The van der Waals surface area contributed by atoms with Crippen molar-refractivity contribution in [2.45, 2.75) is 20.8 Å². The number of rotatable bonds is 5. The van der Waals surface area contributed by atoms with E-state index < -0.39 is 36.5 Å². The molecule has 0 aromatic heterocycles. The molecule has 0 radical (unpaired) electrons. The molecule has 0 bridgehead atoms. The van der Waals surface area contributed by atoms with E-state index in [1.165, 1.54) is 36.4 Å². The van der Waals surface area contributed by atoms with Crippen molar-refractivity contribution in [2.24, 2.45) is 0 Å². The number of hydrogen-bond donors (Lipinski definition) is 6. The van der Waals surface area contributed by atoms with E-state index in [2.05, 4.69) is 0 Å². The van der Waals surface area contributed by atoms with Gasteiger partial charge in [-0.25, -0.2) is 0 Å². The van der Waals surface area contributed by atoms with E-state index >= 15 is 0 Å². The zero-order valence-electron chi connectivity index (χ0n) is 18.5. The van der Waals surface area contributed by atoms with Crippen LogP contribution in [0.15, 0.2) is 106 Å². The van der Waals surface area contributed by atoms with Gasteiger partial charge in [0.2, 0.25) is 0 Å². The summed E-state index contributed by atoms with van der Waals surface area (Å²) in [6.45, 7) is -0.729. The third-order valence-corrected chi connectivity index (χ3v) is 6.15. The summed E-state index contributed by atoms with van der Waals surface area (Å²) in [5.41, 5.74) is 0. The lowest BCUT2D eigenvalue weighted by atomic mass is 10.4. The lowest BCUT2D eigenvalue weighted by Crippen LogP contribution is -2.15. The lowest BCUT2D eigenvalue weighted by molar-refractivity contribution is 0.0450. The number of aliphatic hydroxyl groups excluding tert-OH is 3. The van der Waals surface area contributed by atoms with Gasteiger partial charge < -0.3 is 15.3 Å². The Morgan fingerprint density at radius 3 is 0.750 bits per heavy atom. The van der Waals surface area contributed by atoms with E-state index in [4.69, 9.17) is 29.0 Å². The smallest absolute Gasteiger partial charge is 0.294 e. The van der Waals surface area contributed by atoms with Crippen molar-refractivity contribution in [1.82, 2.24) is 0 Å². The molecule has 0 atom stereocenters. The molecule has 0 saturated carbocycles. The second-order valence-electron chi connectivity index (χ2n) is 6.38. The van der Waals surface area contributed by atoms with E-state index in [1.807, 2.05) is 0 Å². The Labute approximate surface area is 209 Å². The molecule has 0 heterocycles. The summed E-state index contributed by atoms with van der Waals surface area (Å²) in [6, 6.07) is 22.3. The van der Waals surface area contributed by atoms with Crippen molar-refractivity contribution in [1.29, 1.82) is 0 Å². The molecule has 0 spiro atoms. The monoisotopic (exact) mass is 566 g/mol. The maximum Gasteiger partial charge on any atom is 0.294 e. The molecule has 0 aliphatic carbocycles. The SMILES string of the molecule is O=S(=O)(O)c1ccccc1.O=S(=O)(O)c1ccccc1.O=S(=O)(O)c1ccccc1.OCC(O)CO. The fourth-order valence-corrected chi connectivity index (χ4v) is 3.34. The van der Waals surface area contributed by atoms with Gasteiger partial charge in [0.25, 0.3) is 30.4 Å². The van der Waals surface area contributed by atoms with Gasteiger partial charge in [0.1, 0.15) is 6.10 Å². The second kappa shape index (κ2) is 16.1. The van der Waals surface area contributed by atoms with Crippen LogP contribution in [-0.2, 0) is 30.4 Å². The topological polar surface area (TPSA) is 224 Å². The molecule has 6 N–H and O–H groups in total. The summed E-state index contributed by atoms with van der Waals surface area (Å²) in [6.07, 6.45) is -0.954. The molecule has 3 rings (SSSR count). The fraction of sp³-hybridized carbons (Fsp3) is 0.143. The Balaban J connectivity index is 0.000000462. The van der Waals surface area contributed by atoms with Crippen LogP contribution >= 0.6 is 0 Å². The Kier molecular flexibility index (Phi) is 14.9. The minimum atomic E-state index is -4.00. The molecule has 0 unspecified atom stereocenters. The predicted octanol–water partition coefficient (Wildman–Crippen LogP) is 1.13. The predicted molar refractivity (Wildman–Crippen MR) is 129 cm³/mol. The van der Waals surface area contributed by atoms with Crippen molar-refractivity contribution in [2.75, 3.05) is 13.2 Å². The van der Waals surface area contributed by atoms with Crippen molar-refractivity contribution < 1.29 is 54.2 Å². The molecule has 3 aromatic rings. The van der Waals surface area contributed by atoms with Crippen LogP contribution in [0.1, 0.15) is 0 Å². The average Bonchev–Trinajstić information content (AvgIpc) is 2.85. The Morgan fingerprint density at radius 2 is 0.667 bits per heavy atom. The first kappa shape index (κ1) is 33.3. The molecule has 0 fully saturated rings. The Hall–Kier alpha value is -2.73. The van der Waals surface area contributed by atoms with E-state index in [1.54, 1.807) is 54.6 Å². The molecular weight excluding hydrogens is 540 g/mol. The minimum absolute atomic E-state index is 0.0741. The first-order valence-electron chi connectivity index (χ1n) is 9.60. The molecule has 3 aromatic carbocycles. The van der Waals surface area contributed by atoms with E-state index in [9.17, 15) is 25.3 Å². The summed E-state index contributed by atoms with van der Waals surface area (Å²) in [4.78, 5) is -0.222. The van der Waals surface area contributed by atoms with E-state index in [-0.39, 0.29) is 27.9 Å². The summed E-state index contributed by atoms with van der Waals surface area (Å²) >= 11 is 0. The van der Waals surface area contributed by atoms with Crippen LogP contribution in [0.25, 0.3) is 0 Å². The van der Waals surface area contributed by atoms with Crippen molar-refractivity contribution in [3.05, 3.63) is 91.0 Å². The third kappa shape index (κ3) is 15.3. The van der Waals surface area contributed by atoms with E-state index in [0.29, 0.717) is 0 Å². The van der Waals surface area contributed by atoms with Gasteiger partial charge in [0, 0.05) is 0 Å². The van der Waals surface area contributed by atoms with Crippen LogP contribution in [0.4, 0.5) is 0 Å². The molecule has 0 aliphatic heterocycles. The quantitative estimate of drug-likeness (QED) is 0.239. The van der Waals surface area contributed by atoms with Crippen LogP contribution in [-0.4, -0.2) is 73.5 Å². The van der Waals surface area contributed by atoms with Crippen molar-refractivity contribution >= 4 is 30.4 Å². The number of aliphatic hydroxyl groups is 3. The van der Waals surface area contributed by atoms with Crippen molar-refractivity contribution in [3.63, 3.8) is 0 Å². The van der Waals surface area contributed by atoms with Crippen molar-refractivity contribution in [3.8, 4) is 0 Å². The maximum absolute atomic E-state index is 10.4. The van der Waals surface area contributed by atoms with Gasteiger partial charge in [0.15, 0.2) is 0 Å². The Morgan fingerprint density at radius 1 is 0.472 bits per heavy atom. The zero-order chi connectivity index (χ0) is 27.8. The Bertz CT molecular complexity index is 1150. The molecule has 0 aliphatic rings. The highest BCUT2D eigenvalue weighted by Gasteiger charge is 2.07. The highest BCUT2D eigenvalue weighted by Crippen LogP contribution is 2.06. The highest BCUT2D eigenvalue weighted by atomic mass is 32.2. The summed E-state index contributed by atoms with van der Waals surface area (Å²) in [7, 11) is -12.0. The van der Waals surface area contributed by atoms with Crippen LogP contribution in [0, 0.1) is 0 Å². The molecule has 200 valence electrons. The van der Waals surface area contributed by atoms with Crippen LogP contribution in [0.5, 0.6) is 0 Å². The molecule has 15 heteroatoms. The van der Waals surface area contributed by atoms with Gasteiger partial charge >= 0.3 is 0 Å². The molecule has 0 saturated heterocycles. The first-order valence-corrected chi connectivity index (χ1v) is 13.9. The van der Waals surface area contributed by atoms with Gasteiger partial charge in [-0.2, -0.15) is 25.3 Å². The van der Waals surface area contributed by atoms with E-state index in [0.717, 1.165) is 0 Å². The lowest BCUT2D eigenvalue weighted by Gasteiger charge is -1.96. The molecule has 0 amide bonds. The van der Waals surface area contributed by atoms with Gasteiger partial charge in [-0.15, -0.1) is 0 Å². The van der Waals surface area contributed by atoms with Crippen LogP contribution in [0.3, 0.4) is 0 Å². The fourth-order valence-electron chi connectivity index (χ4n) is 1.84. The highest BCUT2D eigenvalue weighted by molar-refractivity contribution is 7.86. The van der Waals surface area contributed by atoms with Gasteiger partial charge in [-0.3, -0.25) is 13.7 Å². The largest absolute Gasteiger partial charge is 0.394 e. The first-order chi connectivity index (χ1) is 16.6. The third-order valence-electron chi connectivity index (χ3n) is 3.54. The molecule has 12 nitrogen and oxygen atoms in total. The normalized spacial score (nSPS) is 11.1. The summed E-state index contributed by atoms with van der Waals surface area (Å²) in [5.74, 6) is 0. The number of hydrogen-bond acceptors (Lipinski definition) is 9. The zero-order valence-corrected chi connectivity index (χ0v) is 21.0.